The molecule has 2 aliphatic heterocycles. The zero-order chi connectivity index (χ0) is 36.3. The maximum Gasteiger partial charge on any atom is 0.490 e. The molecule has 3 N–H and O–H groups in total. The first kappa shape index (κ1) is 40.4. The van der Waals surface area contributed by atoms with Crippen molar-refractivity contribution in [1.29, 1.82) is 0 Å². The van der Waals surface area contributed by atoms with E-state index in [1.165, 1.54) is 24.1 Å². The molecule has 2 aliphatic rings. The quantitative estimate of drug-likeness (QED) is 0.397. The normalized spacial score (nSPS) is 14.6. The van der Waals surface area contributed by atoms with Gasteiger partial charge in [-0.15, -0.1) is 0 Å². The van der Waals surface area contributed by atoms with Crippen LogP contribution in [0.4, 0.5) is 57.2 Å². The third-order valence-corrected chi connectivity index (χ3v) is 5.90. The van der Waals surface area contributed by atoms with Crippen LogP contribution in [0.25, 0.3) is 0 Å². The Labute approximate surface area is 260 Å². The minimum Gasteiger partial charge on any atom is -0.475 e. The summed E-state index contributed by atoms with van der Waals surface area (Å²) in [5, 5.41) is 21.4. The van der Waals surface area contributed by atoms with Gasteiger partial charge < -0.3 is 30.0 Å². The SMILES string of the molecule is Cc1cnc(N2CCc3nc(N4CCCC4)nc(N(C)C)c3CC2)nc1.O=C(O)C(F)(F)F.O=C(O)C(F)(F)F.O=C(O)C(F)(F)F. The van der Waals surface area contributed by atoms with Crippen molar-refractivity contribution in [3.05, 3.63) is 29.2 Å². The van der Waals surface area contributed by atoms with Crippen LogP contribution in [0.15, 0.2) is 12.4 Å². The summed E-state index contributed by atoms with van der Waals surface area (Å²) in [5.41, 5.74) is 3.54. The zero-order valence-corrected chi connectivity index (χ0v) is 24.9. The van der Waals surface area contributed by atoms with E-state index in [0.29, 0.717) is 0 Å². The van der Waals surface area contributed by atoms with E-state index in [1.807, 2.05) is 19.3 Å². The number of hydrogen-bond acceptors (Lipinski definition) is 10. The number of anilines is 3. The number of halogens is 9. The van der Waals surface area contributed by atoms with Gasteiger partial charge >= 0.3 is 36.4 Å². The van der Waals surface area contributed by atoms with Crippen LogP contribution in [0.2, 0.25) is 0 Å². The zero-order valence-electron chi connectivity index (χ0n) is 24.9. The summed E-state index contributed by atoms with van der Waals surface area (Å²) in [7, 11) is 4.14. The Hall–Kier alpha value is -4.66. The maximum atomic E-state index is 10.6. The number of aromatic nitrogens is 4. The number of carbonyl (C=O) groups is 3. The van der Waals surface area contributed by atoms with Crippen LogP contribution in [0.5, 0.6) is 0 Å². The summed E-state index contributed by atoms with van der Waals surface area (Å²) >= 11 is 0. The van der Waals surface area contributed by atoms with E-state index in [1.54, 1.807) is 0 Å². The molecular formula is C25H30F9N7O6. The highest BCUT2D eigenvalue weighted by Crippen LogP contribution is 2.28. The van der Waals surface area contributed by atoms with E-state index < -0.39 is 36.4 Å². The van der Waals surface area contributed by atoms with Gasteiger partial charge in [0.05, 0.1) is 5.69 Å². The molecule has 22 heteroatoms. The monoisotopic (exact) mass is 695 g/mol. The molecule has 4 heterocycles. The molecule has 2 aromatic rings. The summed E-state index contributed by atoms with van der Waals surface area (Å²) < 4.78 is 95.2. The highest BCUT2D eigenvalue weighted by molar-refractivity contribution is 5.73. The molecule has 0 saturated carbocycles. The van der Waals surface area contributed by atoms with Crippen LogP contribution in [0, 0.1) is 6.92 Å². The Balaban J connectivity index is 0.000000430. The minimum absolute atomic E-state index is 0.808. The Morgan fingerprint density at radius 2 is 1.06 bits per heavy atom. The summed E-state index contributed by atoms with van der Waals surface area (Å²) in [5.74, 6) is -5.51. The lowest BCUT2D eigenvalue weighted by Crippen LogP contribution is -2.28. The fourth-order valence-corrected chi connectivity index (χ4v) is 3.74. The Morgan fingerprint density at radius 1 is 0.681 bits per heavy atom. The molecule has 0 bridgehead atoms. The number of carboxylic acids is 3. The molecular weight excluding hydrogens is 665 g/mol. The molecule has 0 amide bonds. The molecule has 1 saturated heterocycles. The van der Waals surface area contributed by atoms with Gasteiger partial charge in [-0.3, -0.25) is 0 Å². The predicted molar refractivity (Wildman–Crippen MR) is 145 cm³/mol. The molecule has 13 nitrogen and oxygen atoms in total. The number of hydrogen-bond donors (Lipinski definition) is 3. The number of rotatable bonds is 3. The molecule has 264 valence electrons. The molecule has 0 aromatic carbocycles. The number of carboxylic acid groups (broad SMARTS) is 3. The second-order valence-electron chi connectivity index (χ2n) is 9.82. The first-order chi connectivity index (χ1) is 21.4. The standard InChI is InChI=1S/C19H27N7.3C2HF3O2/c1-14-12-20-18(21-13-14)26-10-6-15-16(7-11-26)22-19(23-17(15)24(2)3)25-8-4-5-9-25;3*3-2(4,5)1(6)7/h12-13H,4-11H2,1-3H3;3*(H,6,7). The third kappa shape index (κ3) is 13.7. The molecule has 0 atom stereocenters. The fraction of sp³-hybridized carbons (Fsp3) is 0.560. The van der Waals surface area contributed by atoms with Gasteiger partial charge in [0.25, 0.3) is 0 Å². The molecule has 0 aliphatic carbocycles. The second-order valence-corrected chi connectivity index (χ2v) is 9.82. The Bertz CT molecular complexity index is 1290. The Morgan fingerprint density at radius 3 is 1.45 bits per heavy atom. The highest BCUT2D eigenvalue weighted by atomic mass is 19.4. The average Bonchev–Trinajstić information content (AvgIpc) is 3.40. The predicted octanol–water partition coefficient (Wildman–Crippen LogP) is 3.75. The second kappa shape index (κ2) is 16.8. The summed E-state index contributed by atoms with van der Waals surface area (Å²) in [6.45, 7) is 5.92. The number of aryl methyl sites for hydroxylation is 1. The van der Waals surface area contributed by atoms with Gasteiger partial charge in [-0.05, 0) is 31.7 Å². The van der Waals surface area contributed by atoms with Crippen molar-refractivity contribution in [3.8, 4) is 0 Å². The van der Waals surface area contributed by atoms with Gasteiger partial charge in [-0.1, -0.05) is 0 Å². The van der Waals surface area contributed by atoms with Gasteiger partial charge in [0.1, 0.15) is 5.82 Å². The lowest BCUT2D eigenvalue weighted by molar-refractivity contribution is -0.193. The molecule has 4 rings (SSSR count). The topological polar surface area (TPSA) is 173 Å². The van der Waals surface area contributed by atoms with E-state index in [-0.39, 0.29) is 0 Å². The van der Waals surface area contributed by atoms with Crippen LogP contribution in [-0.4, -0.2) is 112 Å². The van der Waals surface area contributed by atoms with Crippen LogP contribution in [0.3, 0.4) is 0 Å². The minimum atomic E-state index is -5.08. The number of alkyl halides is 9. The van der Waals surface area contributed by atoms with Gasteiger partial charge in [-0.25, -0.2) is 29.3 Å². The van der Waals surface area contributed by atoms with E-state index in [0.717, 1.165) is 62.3 Å². The van der Waals surface area contributed by atoms with Crippen molar-refractivity contribution in [2.45, 2.75) is 51.1 Å². The van der Waals surface area contributed by atoms with Crippen molar-refractivity contribution in [2.75, 3.05) is 55.0 Å². The van der Waals surface area contributed by atoms with E-state index in [4.69, 9.17) is 39.7 Å². The van der Waals surface area contributed by atoms with Crippen LogP contribution in [-0.2, 0) is 27.2 Å². The maximum absolute atomic E-state index is 10.6. The van der Waals surface area contributed by atoms with Crippen molar-refractivity contribution >= 4 is 35.6 Å². The molecule has 0 radical (unpaired) electrons. The molecule has 2 aromatic heterocycles. The van der Waals surface area contributed by atoms with Gasteiger partial charge in [0.2, 0.25) is 11.9 Å². The first-order valence-electron chi connectivity index (χ1n) is 13.2. The van der Waals surface area contributed by atoms with E-state index in [2.05, 4.69) is 38.8 Å². The molecule has 0 spiro atoms. The van der Waals surface area contributed by atoms with E-state index in [9.17, 15) is 39.5 Å². The average molecular weight is 696 g/mol. The van der Waals surface area contributed by atoms with Gasteiger partial charge in [0, 0.05) is 64.7 Å². The summed E-state index contributed by atoms with van der Waals surface area (Å²) in [6.07, 6.45) is -7.20. The van der Waals surface area contributed by atoms with Gasteiger partial charge in [0.15, 0.2) is 0 Å². The first-order valence-corrected chi connectivity index (χ1v) is 13.2. The lowest BCUT2D eigenvalue weighted by Gasteiger charge is -2.22. The van der Waals surface area contributed by atoms with Crippen molar-refractivity contribution in [3.63, 3.8) is 0 Å². The van der Waals surface area contributed by atoms with Crippen molar-refractivity contribution in [2.24, 2.45) is 0 Å². The number of aliphatic carboxylic acids is 3. The van der Waals surface area contributed by atoms with E-state index >= 15 is 0 Å². The van der Waals surface area contributed by atoms with Crippen molar-refractivity contribution in [1.82, 2.24) is 19.9 Å². The molecule has 1 fully saturated rings. The third-order valence-electron chi connectivity index (χ3n) is 5.90. The number of nitrogens with zero attached hydrogens (tertiary/aromatic N) is 7. The van der Waals surface area contributed by atoms with Crippen molar-refractivity contribution < 1.29 is 69.2 Å². The van der Waals surface area contributed by atoms with Gasteiger partial charge in [-0.2, -0.15) is 44.5 Å². The smallest absolute Gasteiger partial charge is 0.475 e. The number of fused-ring (bicyclic) bond motifs is 1. The largest absolute Gasteiger partial charge is 0.490 e. The van der Waals surface area contributed by atoms with Crippen LogP contribution >= 0.6 is 0 Å². The lowest BCUT2D eigenvalue weighted by atomic mass is 10.1. The summed E-state index contributed by atoms with van der Waals surface area (Å²) in [4.78, 5) is 52.3. The summed E-state index contributed by atoms with van der Waals surface area (Å²) in [6, 6.07) is 0. The Kier molecular flexibility index (Phi) is 14.4. The highest BCUT2D eigenvalue weighted by Gasteiger charge is 2.39. The fourth-order valence-electron chi connectivity index (χ4n) is 3.74. The van der Waals surface area contributed by atoms with Crippen LogP contribution < -0.4 is 14.7 Å². The van der Waals surface area contributed by atoms with Crippen LogP contribution in [0.1, 0.15) is 29.7 Å². The molecule has 0 unspecified atom stereocenters. The molecule has 47 heavy (non-hydrogen) atoms.